The Labute approximate surface area is 112 Å². The molecule has 2 rings (SSSR count). The Bertz CT molecular complexity index is 664. The summed E-state index contributed by atoms with van der Waals surface area (Å²) in [7, 11) is -1.69. The van der Waals surface area contributed by atoms with Crippen LogP contribution in [-0.4, -0.2) is 29.7 Å². The van der Waals surface area contributed by atoms with E-state index in [4.69, 9.17) is 0 Å². The molecule has 2 aromatic rings. The summed E-state index contributed by atoms with van der Waals surface area (Å²) in [5.74, 6) is 0.620. The lowest BCUT2D eigenvalue weighted by Crippen LogP contribution is -2.26. The minimum Gasteiger partial charge on any atom is -0.256 e. The predicted molar refractivity (Wildman–Crippen MR) is 71.1 cm³/mol. The van der Waals surface area contributed by atoms with Crippen LogP contribution in [-0.2, 0) is 23.5 Å². The predicted octanol–water partition coefficient (Wildman–Crippen LogP) is 0.645. The van der Waals surface area contributed by atoms with E-state index in [2.05, 4.69) is 14.8 Å². The number of benzene rings is 1. The summed E-state index contributed by atoms with van der Waals surface area (Å²) in [6.45, 7) is 2.05. The molecule has 0 radical (unpaired) electrons. The van der Waals surface area contributed by atoms with Gasteiger partial charge in [0.1, 0.15) is 6.33 Å². The van der Waals surface area contributed by atoms with Gasteiger partial charge in [-0.2, -0.15) is 5.10 Å². The highest BCUT2D eigenvalue weighted by molar-refractivity contribution is 7.89. The number of aromatic nitrogens is 3. The van der Waals surface area contributed by atoms with Crippen molar-refractivity contribution in [3.63, 3.8) is 0 Å². The molecule has 0 bridgehead atoms. The Morgan fingerprint density at radius 1 is 1.32 bits per heavy atom. The van der Waals surface area contributed by atoms with E-state index in [1.807, 2.05) is 6.07 Å². The summed E-state index contributed by atoms with van der Waals surface area (Å²) < 4.78 is 28.3. The molecular weight excluding hydrogens is 264 g/mol. The molecule has 0 unspecified atom stereocenters. The van der Waals surface area contributed by atoms with Crippen LogP contribution < -0.4 is 4.72 Å². The van der Waals surface area contributed by atoms with Crippen LogP contribution in [0.4, 0.5) is 0 Å². The zero-order valence-electron chi connectivity index (χ0n) is 10.9. The maximum absolute atomic E-state index is 12.1. The largest absolute Gasteiger partial charge is 0.256 e. The molecular formula is C12H16N4O2S. The molecule has 0 aliphatic rings. The van der Waals surface area contributed by atoms with Crippen molar-refractivity contribution in [2.24, 2.45) is 7.05 Å². The Kier molecular flexibility index (Phi) is 3.96. The van der Waals surface area contributed by atoms with Gasteiger partial charge < -0.3 is 0 Å². The smallest absolute Gasteiger partial charge is 0.240 e. The third-order valence-corrected chi connectivity index (χ3v) is 4.29. The van der Waals surface area contributed by atoms with Gasteiger partial charge in [0.25, 0.3) is 0 Å². The van der Waals surface area contributed by atoms with Crippen LogP contribution in [0, 0.1) is 6.92 Å². The Hall–Kier alpha value is -1.73. The lowest BCUT2D eigenvalue weighted by molar-refractivity contribution is 0.580. The van der Waals surface area contributed by atoms with Gasteiger partial charge in [0.15, 0.2) is 5.82 Å². The number of nitrogens with one attached hydrogen (secondary N) is 1. The summed E-state index contributed by atoms with van der Waals surface area (Å²) in [6, 6.07) is 6.89. The van der Waals surface area contributed by atoms with Crippen molar-refractivity contribution in [1.82, 2.24) is 19.5 Å². The number of hydrogen-bond donors (Lipinski definition) is 1. The topological polar surface area (TPSA) is 76.9 Å². The molecule has 0 atom stereocenters. The standard InChI is InChI=1S/C12H16N4O2S/c1-10-5-3-4-6-11(10)19(17,18)14-8-7-12-13-9-16(2)15-12/h3-6,9,14H,7-8H2,1-2H3. The van der Waals surface area contributed by atoms with Crippen LogP contribution in [0.2, 0.25) is 0 Å². The fourth-order valence-electron chi connectivity index (χ4n) is 1.73. The van der Waals surface area contributed by atoms with E-state index >= 15 is 0 Å². The van der Waals surface area contributed by atoms with Crippen molar-refractivity contribution in [2.45, 2.75) is 18.2 Å². The molecule has 0 saturated heterocycles. The second-order valence-electron chi connectivity index (χ2n) is 4.25. The lowest BCUT2D eigenvalue weighted by atomic mass is 10.2. The SMILES string of the molecule is Cc1ccccc1S(=O)(=O)NCCc1ncn(C)n1. The lowest BCUT2D eigenvalue weighted by Gasteiger charge is -2.08. The summed E-state index contributed by atoms with van der Waals surface area (Å²) in [5, 5.41) is 4.09. The number of nitrogens with zero attached hydrogens (tertiary/aromatic N) is 3. The van der Waals surface area contributed by atoms with E-state index < -0.39 is 10.0 Å². The molecule has 1 N–H and O–H groups in total. The minimum atomic E-state index is -3.47. The van der Waals surface area contributed by atoms with Crippen molar-refractivity contribution >= 4 is 10.0 Å². The third-order valence-electron chi connectivity index (χ3n) is 2.67. The maximum Gasteiger partial charge on any atom is 0.240 e. The van der Waals surface area contributed by atoms with Crippen LogP contribution in [0.25, 0.3) is 0 Å². The molecule has 0 spiro atoms. The van der Waals surface area contributed by atoms with E-state index in [-0.39, 0.29) is 6.54 Å². The summed E-state index contributed by atoms with van der Waals surface area (Å²) in [4.78, 5) is 4.35. The summed E-state index contributed by atoms with van der Waals surface area (Å²) in [5.41, 5.74) is 0.728. The monoisotopic (exact) mass is 280 g/mol. The molecule has 1 aromatic heterocycles. The van der Waals surface area contributed by atoms with Crippen molar-refractivity contribution in [3.05, 3.63) is 42.0 Å². The average molecular weight is 280 g/mol. The first-order valence-electron chi connectivity index (χ1n) is 5.89. The molecule has 1 aromatic carbocycles. The molecule has 0 fully saturated rings. The molecule has 0 aliphatic heterocycles. The van der Waals surface area contributed by atoms with Gasteiger partial charge in [0.2, 0.25) is 10.0 Å². The van der Waals surface area contributed by atoms with Gasteiger partial charge in [-0.25, -0.2) is 18.1 Å². The highest BCUT2D eigenvalue weighted by Crippen LogP contribution is 2.13. The Morgan fingerprint density at radius 3 is 2.68 bits per heavy atom. The van der Waals surface area contributed by atoms with E-state index in [1.54, 1.807) is 43.2 Å². The first kappa shape index (κ1) is 13.7. The van der Waals surface area contributed by atoms with Gasteiger partial charge in [-0.05, 0) is 18.6 Å². The second-order valence-corrected chi connectivity index (χ2v) is 5.98. The molecule has 0 amide bonds. The second kappa shape index (κ2) is 5.50. The van der Waals surface area contributed by atoms with Gasteiger partial charge >= 0.3 is 0 Å². The maximum atomic E-state index is 12.1. The molecule has 7 heteroatoms. The van der Waals surface area contributed by atoms with Crippen LogP contribution in [0.3, 0.4) is 0 Å². The Morgan fingerprint density at radius 2 is 2.05 bits per heavy atom. The number of rotatable bonds is 5. The van der Waals surface area contributed by atoms with Gasteiger partial charge in [-0.3, -0.25) is 4.68 Å². The average Bonchev–Trinajstić information content (AvgIpc) is 2.75. The van der Waals surface area contributed by atoms with Crippen molar-refractivity contribution in [3.8, 4) is 0 Å². The van der Waals surface area contributed by atoms with Crippen molar-refractivity contribution in [2.75, 3.05) is 6.54 Å². The number of hydrogen-bond acceptors (Lipinski definition) is 4. The van der Waals surface area contributed by atoms with Crippen LogP contribution in [0.15, 0.2) is 35.5 Å². The van der Waals surface area contributed by atoms with Crippen molar-refractivity contribution in [1.29, 1.82) is 0 Å². The molecule has 0 saturated carbocycles. The summed E-state index contributed by atoms with van der Waals surface area (Å²) in [6.07, 6.45) is 2.05. The summed E-state index contributed by atoms with van der Waals surface area (Å²) >= 11 is 0. The first-order valence-corrected chi connectivity index (χ1v) is 7.37. The van der Waals surface area contributed by atoms with Crippen molar-refractivity contribution < 1.29 is 8.42 Å². The molecule has 0 aliphatic carbocycles. The van der Waals surface area contributed by atoms with Crippen LogP contribution in [0.1, 0.15) is 11.4 Å². The van der Waals surface area contributed by atoms with E-state index in [9.17, 15) is 8.42 Å². The normalized spacial score (nSPS) is 11.7. The van der Waals surface area contributed by atoms with Gasteiger partial charge in [-0.1, -0.05) is 18.2 Å². The third kappa shape index (κ3) is 3.39. The van der Waals surface area contributed by atoms with E-state index in [1.165, 1.54) is 0 Å². The fraction of sp³-hybridized carbons (Fsp3) is 0.333. The highest BCUT2D eigenvalue weighted by atomic mass is 32.2. The van der Waals surface area contributed by atoms with E-state index in [0.29, 0.717) is 17.1 Å². The molecule has 102 valence electrons. The zero-order chi connectivity index (χ0) is 13.9. The number of aryl methyl sites for hydroxylation is 2. The van der Waals surface area contributed by atoms with Gasteiger partial charge in [0, 0.05) is 20.0 Å². The minimum absolute atomic E-state index is 0.278. The quantitative estimate of drug-likeness (QED) is 0.872. The molecule has 6 nitrogen and oxygen atoms in total. The first-order chi connectivity index (χ1) is 8.99. The fourth-order valence-corrected chi connectivity index (χ4v) is 3.01. The number of sulfonamides is 1. The van der Waals surface area contributed by atoms with Crippen LogP contribution >= 0.6 is 0 Å². The van der Waals surface area contributed by atoms with Crippen LogP contribution in [0.5, 0.6) is 0 Å². The Balaban J connectivity index is 2.01. The van der Waals surface area contributed by atoms with Gasteiger partial charge in [-0.15, -0.1) is 0 Å². The zero-order valence-corrected chi connectivity index (χ0v) is 11.7. The molecule has 1 heterocycles. The van der Waals surface area contributed by atoms with E-state index in [0.717, 1.165) is 5.56 Å². The van der Waals surface area contributed by atoms with Gasteiger partial charge in [0.05, 0.1) is 4.90 Å². The molecule has 19 heavy (non-hydrogen) atoms. The highest BCUT2D eigenvalue weighted by Gasteiger charge is 2.15.